The molecule has 0 saturated carbocycles. The Morgan fingerprint density at radius 1 is 0.895 bits per heavy atom. The Labute approximate surface area is 116 Å². The van der Waals surface area contributed by atoms with E-state index in [0.29, 0.717) is 5.92 Å². The number of rotatable bonds is 5. The maximum Gasteiger partial charge on any atom is 0.0298 e. The molecule has 1 heteroatoms. The van der Waals surface area contributed by atoms with Crippen LogP contribution >= 0.6 is 0 Å². The molecule has 19 heavy (non-hydrogen) atoms. The van der Waals surface area contributed by atoms with Crippen LogP contribution in [0.2, 0.25) is 0 Å². The molecule has 0 saturated heterocycles. The summed E-state index contributed by atoms with van der Waals surface area (Å²) < 4.78 is 0. The highest BCUT2D eigenvalue weighted by Crippen LogP contribution is 2.19. The molecule has 1 nitrogen and oxygen atoms in total. The van der Waals surface area contributed by atoms with Gasteiger partial charge in [0.1, 0.15) is 0 Å². The first-order valence-electron chi connectivity index (χ1n) is 7.06. The maximum atomic E-state index is 6.24. The minimum Gasteiger partial charge on any atom is -0.324 e. The Hall–Kier alpha value is -1.60. The number of aryl methyl sites for hydroxylation is 1. The molecule has 0 heterocycles. The van der Waals surface area contributed by atoms with Crippen molar-refractivity contribution >= 4 is 0 Å². The lowest BCUT2D eigenvalue weighted by Crippen LogP contribution is -2.11. The van der Waals surface area contributed by atoms with E-state index in [9.17, 15) is 0 Å². The summed E-state index contributed by atoms with van der Waals surface area (Å²) in [6, 6.07) is 19.3. The Balaban J connectivity index is 1.97. The summed E-state index contributed by atoms with van der Waals surface area (Å²) in [5, 5.41) is 0. The lowest BCUT2D eigenvalue weighted by molar-refractivity contribution is 0.650. The molecule has 0 bridgehead atoms. The molecule has 0 aliphatic carbocycles. The molecule has 0 radical (unpaired) electrons. The molecule has 1 unspecified atom stereocenters. The predicted octanol–water partition coefficient (Wildman–Crippen LogP) is 4.44. The second kappa shape index (κ2) is 6.53. The Bertz CT molecular complexity index is 502. The van der Waals surface area contributed by atoms with Crippen molar-refractivity contribution in [3.05, 3.63) is 71.3 Å². The third-order valence-corrected chi connectivity index (χ3v) is 3.59. The lowest BCUT2D eigenvalue weighted by atomic mass is 9.96. The standard InChI is InChI=1S/C18H23N/c1-14(2)17-10-6-7-15(13-17)11-12-18(19)16-8-4-3-5-9-16/h3-10,13-14,18H,11-12,19H2,1-2H3. The Morgan fingerprint density at radius 2 is 1.58 bits per heavy atom. The molecule has 0 aliphatic heterocycles. The van der Waals surface area contributed by atoms with Gasteiger partial charge in [-0.15, -0.1) is 0 Å². The first-order chi connectivity index (χ1) is 9.16. The third-order valence-electron chi connectivity index (χ3n) is 3.59. The molecule has 1 atom stereocenters. The van der Waals surface area contributed by atoms with Crippen molar-refractivity contribution in [1.29, 1.82) is 0 Å². The van der Waals surface area contributed by atoms with E-state index in [1.165, 1.54) is 16.7 Å². The van der Waals surface area contributed by atoms with E-state index >= 15 is 0 Å². The summed E-state index contributed by atoms with van der Waals surface area (Å²) in [5.74, 6) is 0.586. The third kappa shape index (κ3) is 3.93. The minimum atomic E-state index is 0.129. The lowest BCUT2D eigenvalue weighted by Gasteiger charge is -2.13. The molecule has 2 rings (SSSR count). The fourth-order valence-electron chi connectivity index (χ4n) is 2.30. The van der Waals surface area contributed by atoms with Gasteiger partial charge in [0.25, 0.3) is 0 Å². The summed E-state index contributed by atoms with van der Waals surface area (Å²) in [6.07, 6.45) is 2.03. The van der Waals surface area contributed by atoms with Gasteiger partial charge in [-0.05, 0) is 35.4 Å². The normalized spacial score (nSPS) is 12.6. The zero-order valence-electron chi connectivity index (χ0n) is 11.8. The van der Waals surface area contributed by atoms with Crippen LogP contribution in [0.25, 0.3) is 0 Å². The van der Waals surface area contributed by atoms with E-state index in [2.05, 4.69) is 62.4 Å². The summed E-state index contributed by atoms with van der Waals surface area (Å²) in [5.41, 5.74) is 10.3. The van der Waals surface area contributed by atoms with E-state index in [4.69, 9.17) is 5.73 Å². The molecule has 100 valence electrons. The highest BCUT2D eigenvalue weighted by molar-refractivity contribution is 5.26. The average Bonchev–Trinajstić information content (AvgIpc) is 2.46. The quantitative estimate of drug-likeness (QED) is 0.837. The van der Waals surface area contributed by atoms with Gasteiger partial charge in [-0.3, -0.25) is 0 Å². The van der Waals surface area contributed by atoms with Crippen LogP contribution in [0, 0.1) is 0 Å². The van der Waals surface area contributed by atoms with Gasteiger partial charge >= 0.3 is 0 Å². The molecule has 0 aromatic heterocycles. The second-order valence-corrected chi connectivity index (χ2v) is 5.46. The van der Waals surface area contributed by atoms with Crippen LogP contribution in [-0.2, 0) is 6.42 Å². The molecular formula is C18H23N. The van der Waals surface area contributed by atoms with Crippen molar-refractivity contribution in [2.75, 3.05) is 0 Å². The molecule has 0 spiro atoms. The monoisotopic (exact) mass is 253 g/mol. The number of nitrogens with two attached hydrogens (primary N) is 1. The molecule has 2 aromatic rings. The summed E-state index contributed by atoms with van der Waals surface area (Å²) >= 11 is 0. The number of benzene rings is 2. The van der Waals surface area contributed by atoms with E-state index in [1.807, 2.05) is 6.07 Å². The van der Waals surface area contributed by atoms with Crippen LogP contribution in [0.1, 0.15) is 48.9 Å². The molecule has 0 aliphatic rings. The van der Waals surface area contributed by atoms with Crippen LogP contribution in [0.15, 0.2) is 54.6 Å². The van der Waals surface area contributed by atoms with Crippen molar-refractivity contribution < 1.29 is 0 Å². The van der Waals surface area contributed by atoms with Crippen molar-refractivity contribution in [2.24, 2.45) is 5.73 Å². The maximum absolute atomic E-state index is 6.24. The smallest absolute Gasteiger partial charge is 0.0298 e. The van der Waals surface area contributed by atoms with Crippen molar-refractivity contribution in [2.45, 2.75) is 38.6 Å². The summed E-state index contributed by atoms with van der Waals surface area (Å²) in [6.45, 7) is 4.46. The molecule has 2 aromatic carbocycles. The topological polar surface area (TPSA) is 26.0 Å². The Morgan fingerprint density at radius 3 is 2.26 bits per heavy atom. The van der Waals surface area contributed by atoms with Gasteiger partial charge in [-0.2, -0.15) is 0 Å². The fourth-order valence-corrected chi connectivity index (χ4v) is 2.30. The zero-order valence-corrected chi connectivity index (χ0v) is 11.8. The molecule has 0 fully saturated rings. The van der Waals surface area contributed by atoms with E-state index in [-0.39, 0.29) is 6.04 Å². The predicted molar refractivity (Wildman–Crippen MR) is 82.2 cm³/mol. The number of hydrogen-bond donors (Lipinski definition) is 1. The van der Waals surface area contributed by atoms with Gasteiger partial charge in [0.05, 0.1) is 0 Å². The van der Waals surface area contributed by atoms with Gasteiger partial charge in [-0.1, -0.05) is 68.4 Å². The highest BCUT2D eigenvalue weighted by Gasteiger charge is 2.06. The van der Waals surface area contributed by atoms with E-state index in [0.717, 1.165) is 12.8 Å². The van der Waals surface area contributed by atoms with Crippen LogP contribution < -0.4 is 5.73 Å². The molecule has 0 amide bonds. The largest absolute Gasteiger partial charge is 0.324 e. The molecular weight excluding hydrogens is 230 g/mol. The van der Waals surface area contributed by atoms with Gasteiger partial charge in [0.2, 0.25) is 0 Å². The van der Waals surface area contributed by atoms with Crippen LogP contribution in [-0.4, -0.2) is 0 Å². The zero-order chi connectivity index (χ0) is 13.7. The summed E-state index contributed by atoms with van der Waals surface area (Å²) in [4.78, 5) is 0. The van der Waals surface area contributed by atoms with Crippen molar-refractivity contribution in [3.63, 3.8) is 0 Å². The second-order valence-electron chi connectivity index (χ2n) is 5.46. The first-order valence-corrected chi connectivity index (χ1v) is 7.06. The van der Waals surface area contributed by atoms with Gasteiger partial charge in [0.15, 0.2) is 0 Å². The molecule has 2 N–H and O–H groups in total. The SMILES string of the molecule is CC(C)c1cccc(CCC(N)c2ccccc2)c1. The van der Waals surface area contributed by atoms with E-state index < -0.39 is 0 Å². The first kappa shape index (κ1) is 13.8. The van der Waals surface area contributed by atoms with Crippen molar-refractivity contribution in [1.82, 2.24) is 0 Å². The van der Waals surface area contributed by atoms with Gasteiger partial charge in [0, 0.05) is 6.04 Å². The van der Waals surface area contributed by atoms with Crippen LogP contribution in [0.3, 0.4) is 0 Å². The summed E-state index contributed by atoms with van der Waals surface area (Å²) in [7, 11) is 0. The average molecular weight is 253 g/mol. The van der Waals surface area contributed by atoms with E-state index in [1.54, 1.807) is 0 Å². The Kier molecular flexibility index (Phi) is 4.75. The van der Waals surface area contributed by atoms with Crippen molar-refractivity contribution in [3.8, 4) is 0 Å². The van der Waals surface area contributed by atoms with Crippen LogP contribution in [0.5, 0.6) is 0 Å². The minimum absolute atomic E-state index is 0.129. The van der Waals surface area contributed by atoms with Crippen LogP contribution in [0.4, 0.5) is 0 Å². The highest BCUT2D eigenvalue weighted by atomic mass is 14.6. The fraction of sp³-hybridized carbons (Fsp3) is 0.333. The van der Waals surface area contributed by atoms with Gasteiger partial charge < -0.3 is 5.73 Å². The van der Waals surface area contributed by atoms with Gasteiger partial charge in [-0.25, -0.2) is 0 Å². The number of hydrogen-bond acceptors (Lipinski definition) is 1.